The number of rotatable bonds is 3. The molecule has 0 aromatic carbocycles. The molecule has 0 spiro atoms. The Labute approximate surface area is 123 Å². The smallest absolute Gasteiger partial charge is 0.262 e. The standard InChI is InChI=1S/C9H5Cl3N4O2S/c10-6-3-5(4-13-9(6)12)19(17,18)16-8-2-1-7(11)14-15-8/h1-4H,(H,15,16). The zero-order chi connectivity index (χ0) is 14.0. The van der Waals surface area contributed by atoms with Gasteiger partial charge in [-0.15, -0.1) is 10.2 Å². The number of pyridine rings is 1. The lowest BCUT2D eigenvalue weighted by atomic mass is 10.5. The monoisotopic (exact) mass is 338 g/mol. The Hall–Kier alpha value is -1.15. The van der Waals surface area contributed by atoms with Crippen LogP contribution in [0.25, 0.3) is 0 Å². The van der Waals surface area contributed by atoms with Gasteiger partial charge in [-0.1, -0.05) is 34.8 Å². The summed E-state index contributed by atoms with van der Waals surface area (Å²) in [6, 6.07) is 3.96. The van der Waals surface area contributed by atoms with Crippen molar-refractivity contribution in [2.45, 2.75) is 4.90 Å². The number of hydrogen-bond donors (Lipinski definition) is 1. The van der Waals surface area contributed by atoms with E-state index in [2.05, 4.69) is 19.9 Å². The summed E-state index contributed by atoms with van der Waals surface area (Å²) >= 11 is 16.9. The maximum atomic E-state index is 12.0. The van der Waals surface area contributed by atoms with Crippen molar-refractivity contribution in [3.05, 3.63) is 39.7 Å². The summed E-state index contributed by atoms with van der Waals surface area (Å²) in [6.07, 6.45) is 1.08. The van der Waals surface area contributed by atoms with Gasteiger partial charge in [-0.3, -0.25) is 4.72 Å². The second-order valence-corrected chi connectivity index (χ2v) is 6.13. The second kappa shape index (κ2) is 5.46. The molecule has 2 rings (SSSR count). The Bertz CT molecular complexity index is 706. The summed E-state index contributed by atoms with van der Waals surface area (Å²) in [5.41, 5.74) is 0. The highest BCUT2D eigenvalue weighted by Crippen LogP contribution is 2.23. The van der Waals surface area contributed by atoms with Crippen molar-refractivity contribution in [1.29, 1.82) is 0 Å². The highest BCUT2D eigenvalue weighted by Gasteiger charge is 2.17. The number of hydrogen-bond acceptors (Lipinski definition) is 5. The number of sulfonamides is 1. The third kappa shape index (κ3) is 3.44. The molecule has 0 aliphatic rings. The molecule has 2 aromatic rings. The van der Waals surface area contributed by atoms with E-state index in [-0.39, 0.29) is 26.0 Å². The van der Waals surface area contributed by atoms with E-state index >= 15 is 0 Å². The van der Waals surface area contributed by atoms with Crippen LogP contribution < -0.4 is 4.72 Å². The molecule has 6 nitrogen and oxygen atoms in total. The van der Waals surface area contributed by atoms with Crippen LogP contribution in [-0.2, 0) is 10.0 Å². The molecule has 10 heteroatoms. The van der Waals surface area contributed by atoms with Crippen molar-refractivity contribution in [2.24, 2.45) is 0 Å². The van der Waals surface area contributed by atoms with E-state index in [1.807, 2.05) is 0 Å². The fraction of sp³-hybridized carbons (Fsp3) is 0. The Morgan fingerprint density at radius 3 is 2.42 bits per heavy atom. The van der Waals surface area contributed by atoms with E-state index in [4.69, 9.17) is 34.8 Å². The van der Waals surface area contributed by atoms with Crippen molar-refractivity contribution >= 4 is 50.6 Å². The van der Waals surface area contributed by atoms with Crippen LogP contribution in [0.3, 0.4) is 0 Å². The van der Waals surface area contributed by atoms with Crippen molar-refractivity contribution in [2.75, 3.05) is 4.72 Å². The lowest BCUT2D eigenvalue weighted by molar-refractivity contribution is 0.600. The molecule has 0 amide bonds. The summed E-state index contributed by atoms with van der Waals surface area (Å²) in [5.74, 6) is 0.0236. The molecule has 0 aliphatic carbocycles. The number of nitrogens with one attached hydrogen (secondary N) is 1. The zero-order valence-corrected chi connectivity index (χ0v) is 12.1. The zero-order valence-electron chi connectivity index (χ0n) is 9.01. The lowest BCUT2D eigenvalue weighted by Crippen LogP contribution is -2.14. The lowest BCUT2D eigenvalue weighted by Gasteiger charge is -2.06. The normalized spacial score (nSPS) is 11.3. The molecule has 2 heterocycles. The maximum absolute atomic E-state index is 12.0. The molecule has 19 heavy (non-hydrogen) atoms. The first-order chi connectivity index (χ1) is 8.88. The number of anilines is 1. The Morgan fingerprint density at radius 1 is 1.11 bits per heavy atom. The van der Waals surface area contributed by atoms with Gasteiger partial charge in [0.15, 0.2) is 11.0 Å². The SMILES string of the molecule is O=S(=O)(Nc1ccc(Cl)nn1)c1cnc(Cl)c(Cl)c1. The first-order valence-electron chi connectivity index (χ1n) is 4.71. The quantitative estimate of drug-likeness (QED) is 0.869. The molecule has 0 bridgehead atoms. The van der Waals surface area contributed by atoms with Gasteiger partial charge >= 0.3 is 0 Å². The van der Waals surface area contributed by atoms with Crippen LogP contribution >= 0.6 is 34.8 Å². The first kappa shape index (κ1) is 14.3. The van der Waals surface area contributed by atoms with Gasteiger partial charge in [-0.2, -0.15) is 0 Å². The van der Waals surface area contributed by atoms with Gasteiger partial charge in [-0.05, 0) is 18.2 Å². The molecule has 0 unspecified atom stereocenters. The summed E-state index contributed by atoms with van der Waals surface area (Å²) in [4.78, 5) is 3.52. The molecule has 0 radical (unpaired) electrons. The Morgan fingerprint density at radius 2 is 1.84 bits per heavy atom. The van der Waals surface area contributed by atoms with Crippen LogP contribution in [0, 0.1) is 0 Å². The van der Waals surface area contributed by atoms with E-state index in [9.17, 15) is 8.42 Å². The molecule has 100 valence electrons. The molecular weight excluding hydrogens is 335 g/mol. The van der Waals surface area contributed by atoms with Crippen molar-refractivity contribution in [3.8, 4) is 0 Å². The van der Waals surface area contributed by atoms with Crippen LogP contribution in [-0.4, -0.2) is 23.6 Å². The summed E-state index contributed by atoms with van der Waals surface area (Å²) < 4.78 is 26.2. The second-order valence-electron chi connectivity index (χ2n) is 3.29. The molecular formula is C9H5Cl3N4O2S. The van der Waals surface area contributed by atoms with Crippen LogP contribution in [0.4, 0.5) is 5.82 Å². The summed E-state index contributed by atoms with van der Waals surface area (Å²) in [7, 11) is -3.87. The van der Waals surface area contributed by atoms with Gasteiger partial charge < -0.3 is 0 Å². The van der Waals surface area contributed by atoms with E-state index < -0.39 is 10.0 Å². The minimum atomic E-state index is -3.87. The van der Waals surface area contributed by atoms with Gasteiger partial charge in [0.1, 0.15) is 10.0 Å². The van der Waals surface area contributed by atoms with Crippen LogP contribution in [0.1, 0.15) is 0 Å². The molecule has 0 aliphatic heterocycles. The molecule has 1 N–H and O–H groups in total. The van der Waals surface area contributed by atoms with Gasteiger partial charge in [0.2, 0.25) is 0 Å². The van der Waals surface area contributed by atoms with Gasteiger partial charge in [0.05, 0.1) is 5.02 Å². The summed E-state index contributed by atoms with van der Waals surface area (Å²) in [6.45, 7) is 0. The predicted octanol–water partition coefficient (Wildman–Crippen LogP) is 2.63. The number of nitrogens with zero attached hydrogens (tertiary/aromatic N) is 3. The van der Waals surface area contributed by atoms with E-state index in [0.717, 1.165) is 6.20 Å². The molecule has 0 saturated carbocycles. The van der Waals surface area contributed by atoms with E-state index in [1.54, 1.807) is 0 Å². The van der Waals surface area contributed by atoms with Crippen molar-refractivity contribution in [1.82, 2.24) is 15.2 Å². The first-order valence-corrected chi connectivity index (χ1v) is 7.33. The molecule has 0 fully saturated rings. The molecule has 0 saturated heterocycles. The van der Waals surface area contributed by atoms with Crippen LogP contribution in [0.5, 0.6) is 0 Å². The highest BCUT2D eigenvalue weighted by atomic mass is 35.5. The number of aromatic nitrogens is 3. The van der Waals surface area contributed by atoms with Crippen molar-refractivity contribution < 1.29 is 8.42 Å². The third-order valence-corrected chi connectivity index (χ3v) is 4.16. The number of halogens is 3. The van der Waals surface area contributed by atoms with Crippen molar-refractivity contribution in [3.63, 3.8) is 0 Å². The Balaban J connectivity index is 2.32. The van der Waals surface area contributed by atoms with E-state index in [1.165, 1.54) is 18.2 Å². The van der Waals surface area contributed by atoms with Gasteiger partial charge in [-0.25, -0.2) is 13.4 Å². The van der Waals surface area contributed by atoms with E-state index in [0.29, 0.717) is 0 Å². The maximum Gasteiger partial charge on any atom is 0.264 e. The minimum Gasteiger partial charge on any atom is -0.262 e. The fourth-order valence-corrected chi connectivity index (χ4v) is 2.52. The highest BCUT2D eigenvalue weighted by molar-refractivity contribution is 7.92. The largest absolute Gasteiger partial charge is 0.264 e. The summed E-state index contributed by atoms with van der Waals surface area (Å²) in [5, 5.41) is 7.30. The third-order valence-electron chi connectivity index (χ3n) is 1.95. The van der Waals surface area contributed by atoms with Crippen LogP contribution in [0.15, 0.2) is 29.3 Å². The Kier molecular flexibility index (Phi) is 4.10. The fourth-order valence-electron chi connectivity index (χ4n) is 1.12. The molecule has 0 atom stereocenters. The average molecular weight is 340 g/mol. The topological polar surface area (TPSA) is 84.8 Å². The van der Waals surface area contributed by atoms with Gasteiger partial charge in [0, 0.05) is 6.20 Å². The minimum absolute atomic E-state index is 0.0203. The predicted molar refractivity (Wildman–Crippen MR) is 72.1 cm³/mol. The molecule has 2 aromatic heterocycles. The van der Waals surface area contributed by atoms with Gasteiger partial charge in [0.25, 0.3) is 10.0 Å². The van der Waals surface area contributed by atoms with Crippen LogP contribution in [0.2, 0.25) is 15.3 Å². The average Bonchev–Trinajstić information content (AvgIpc) is 2.35.